The maximum absolute atomic E-state index is 5.90. The second-order valence-electron chi connectivity index (χ2n) is 3.32. The molecule has 15 heavy (non-hydrogen) atoms. The first kappa shape index (κ1) is 12.6. The van der Waals surface area contributed by atoms with E-state index in [0.717, 1.165) is 22.8 Å². The molecule has 0 aliphatic heterocycles. The monoisotopic (exact) mass is 247 g/mol. The van der Waals surface area contributed by atoms with E-state index in [1.807, 2.05) is 25.2 Å². The third-order valence-corrected chi connectivity index (χ3v) is 2.75. The second kappa shape index (κ2) is 6.21. The third-order valence-electron chi connectivity index (χ3n) is 2.23. The average Bonchev–Trinajstić information content (AvgIpc) is 2.25. The number of alkyl halides is 1. The van der Waals surface area contributed by atoms with Crippen molar-refractivity contribution in [2.45, 2.75) is 5.88 Å². The number of benzene rings is 1. The first-order valence-electron chi connectivity index (χ1n) is 4.73. The summed E-state index contributed by atoms with van der Waals surface area (Å²) >= 11 is 11.8. The lowest BCUT2D eigenvalue weighted by Crippen LogP contribution is -2.23. The van der Waals surface area contributed by atoms with Crippen LogP contribution in [0.4, 0.5) is 5.69 Å². The third kappa shape index (κ3) is 3.56. The van der Waals surface area contributed by atoms with Crippen molar-refractivity contribution in [3.8, 4) is 0 Å². The van der Waals surface area contributed by atoms with Gasteiger partial charge >= 0.3 is 0 Å². The van der Waals surface area contributed by atoms with E-state index in [0.29, 0.717) is 12.5 Å². The molecule has 0 bridgehead atoms. The molecule has 0 heterocycles. The molecular weight excluding hydrogens is 233 g/mol. The van der Waals surface area contributed by atoms with Crippen molar-refractivity contribution in [2.24, 2.45) is 0 Å². The quantitative estimate of drug-likeness (QED) is 0.742. The molecule has 1 rings (SSSR count). The number of methoxy groups -OCH3 is 1. The lowest BCUT2D eigenvalue weighted by molar-refractivity contribution is 0.206. The van der Waals surface area contributed by atoms with E-state index in [-0.39, 0.29) is 0 Å². The average molecular weight is 248 g/mol. The number of likely N-dealkylation sites (N-methyl/N-ethyl adjacent to an activating group) is 1. The molecule has 0 aliphatic rings. The van der Waals surface area contributed by atoms with Gasteiger partial charge in [0.05, 0.1) is 6.61 Å². The van der Waals surface area contributed by atoms with Gasteiger partial charge < -0.3 is 9.64 Å². The van der Waals surface area contributed by atoms with Crippen molar-refractivity contribution in [3.05, 3.63) is 28.8 Å². The van der Waals surface area contributed by atoms with Crippen LogP contribution in [0.5, 0.6) is 0 Å². The summed E-state index contributed by atoms with van der Waals surface area (Å²) < 4.78 is 5.03. The van der Waals surface area contributed by atoms with Gasteiger partial charge in [0.25, 0.3) is 0 Å². The highest BCUT2D eigenvalue weighted by atomic mass is 35.5. The van der Waals surface area contributed by atoms with Crippen LogP contribution in [0.25, 0.3) is 0 Å². The van der Waals surface area contributed by atoms with Crippen LogP contribution in [0.2, 0.25) is 5.02 Å². The highest BCUT2D eigenvalue weighted by molar-refractivity contribution is 6.30. The number of anilines is 1. The van der Waals surface area contributed by atoms with Crippen LogP contribution in [0.15, 0.2) is 18.2 Å². The van der Waals surface area contributed by atoms with Crippen molar-refractivity contribution >= 4 is 28.9 Å². The predicted octanol–water partition coefficient (Wildman–Crippen LogP) is 3.16. The van der Waals surface area contributed by atoms with Gasteiger partial charge in [-0.05, 0) is 23.8 Å². The van der Waals surface area contributed by atoms with Crippen LogP contribution in [0.3, 0.4) is 0 Å². The topological polar surface area (TPSA) is 12.5 Å². The summed E-state index contributed by atoms with van der Waals surface area (Å²) in [7, 11) is 3.70. The molecule has 0 aromatic heterocycles. The molecule has 0 fully saturated rings. The summed E-state index contributed by atoms with van der Waals surface area (Å²) in [4.78, 5) is 2.11. The van der Waals surface area contributed by atoms with Crippen molar-refractivity contribution in [3.63, 3.8) is 0 Å². The molecule has 1 aromatic carbocycles. The zero-order valence-electron chi connectivity index (χ0n) is 8.96. The minimum atomic E-state index is 0.465. The number of halogens is 2. The van der Waals surface area contributed by atoms with E-state index in [9.17, 15) is 0 Å². The van der Waals surface area contributed by atoms with E-state index in [4.69, 9.17) is 27.9 Å². The molecule has 0 saturated heterocycles. The summed E-state index contributed by atoms with van der Waals surface area (Å²) in [5.41, 5.74) is 2.15. The van der Waals surface area contributed by atoms with E-state index in [1.165, 1.54) is 0 Å². The lowest BCUT2D eigenvalue weighted by Gasteiger charge is -2.21. The fourth-order valence-electron chi connectivity index (χ4n) is 1.38. The summed E-state index contributed by atoms with van der Waals surface area (Å²) in [6.45, 7) is 1.53. The molecular formula is C11H15Cl2NO. The number of nitrogens with zero attached hydrogens (tertiary/aromatic N) is 1. The lowest BCUT2D eigenvalue weighted by atomic mass is 10.2. The van der Waals surface area contributed by atoms with E-state index in [2.05, 4.69) is 4.90 Å². The minimum absolute atomic E-state index is 0.465. The molecule has 0 unspecified atom stereocenters. The van der Waals surface area contributed by atoms with Crippen LogP contribution in [-0.4, -0.2) is 27.3 Å². The van der Waals surface area contributed by atoms with Crippen LogP contribution >= 0.6 is 23.2 Å². The van der Waals surface area contributed by atoms with Crippen LogP contribution in [0.1, 0.15) is 5.56 Å². The van der Waals surface area contributed by atoms with Crippen molar-refractivity contribution in [1.82, 2.24) is 0 Å². The Balaban J connectivity index is 2.82. The highest BCUT2D eigenvalue weighted by Gasteiger charge is 2.06. The standard InChI is InChI=1S/C11H15Cl2NO/c1-14(5-6-15-2)11-4-3-10(13)7-9(11)8-12/h3-4,7H,5-6,8H2,1-2H3. The number of hydrogen-bond donors (Lipinski definition) is 0. The molecule has 0 atom stereocenters. The number of ether oxygens (including phenoxy) is 1. The molecule has 84 valence electrons. The molecule has 0 radical (unpaired) electrons. The Kier molecular flexibility index (Phi) is 5.23. The second-order valence-corrected chi connectivity index (χ2v) is 4.02. The van der Waals surface area contributed by atoms with Gasteiger partial charge in [0.2, 0.25) is 0 Å². The number of rotatable bonds is 5. The predicted molar refractivity (Wildman–Crippen MR) is 66.2 cm³/mol. The Hall–Kier alpha value is -0.440. The molecule has 0 amide bonds. The van der Waals surface area contributed by atoms with Gasteiger partial charge in [-0.3, -0.25) is 0 Å². The molecule has 4 heteroatoms. The van der Waals surface area contributed by atoms with E-state index < -0.39 is 0 Å². The molecule has 0 N–H and O–H groups in total. The summed E-state index contributed by atoms with van der Waals surface area (Å²) in [6.07, 6.45) is 0. The van der Waals surface area contributed by atoms with Gasteiger partial charge in [-0.15, -0.1) is 11.6 Å². The summed E-state index contributed by atoms with van der Waals surface area (Å²) in [6, 6.07) is 5.75. The molecule has 0 aliphatic carbocycles. The first-order chi connectivity index (χ1) is 7.19. The Morgan fingerprint density at radius 1 is 1.40 bits per heavy atom. The zero-order valence-corrected chi connectivity index (χ0v) is 10.5. The molecule has 1 aromatic rings. The van der Waals surface area contributed by atoms with Gasteiger partial charge in [-0.1, -0.05) is 11.6 Å². The van der Waals surface area contributed by atoms with Gasteiger partial charge in [0.15, 0.2) is 0 Å². The summed E-state index contributed by atoms with van der Waals surface area (Å²) in [5.74, 6) is 0.465. The Labute approximate surface area is 101 Å². The fourth-order valence-corrected chi connectivity index (χ4v) is 1.79. The van der Waals surface area contributed by atoms with Crippen LogP contribution < -0.4 is 4.90 Å². The molecule has 2 nitrogen and oxygen atoms in total. The first-order valence-corrected chi connectivity index (χ1v) is 5.64. The van der Waals surface area contributed by atoms with Crippen molar-refractivity contribution in [1.29, 1.82) is 0 Å². The molecule has 0 spiro atoms. The van der Waals surface area contributed by atoms with Gasteiger partial charge in [0.1, 0.15) is 0 Å². The smallest absolute Gasteiger partial charge is 0.0637 e. The zero-order chi connectivity index (χ0) is 11.3. The Bertz CT molecular complexity index is 317. The van der Waals surface area contributed by atoms with Gasteiger partial charge in [0, 0.05) is 37.3 Å². The number of hydrogen-bond acceptors (Lipinski definition) is 2. The Morgan fingerprint density at radius 2 is 2.13 bits per heavy atom. The molecule has 0 saturated carbocycles. The van der Waals surface area contributed by atoms with Gasteiger partial charge in [-0.25, -0.2) is 0 Å². The maximum atomic E-state index is 5.90. The van der Waals surface area contributed by atoms with E-state index >= 15 is 0 Å². The Morgan fingerprint density at radius 3 is 2.73 bits per heavy atom. The highest BCUT2D eigenvalue weighted by Crippen LogP contribution is 2.24. The van der Waals surface area contributed by atoms with Crippen molar-refractivity contribution < 1.29 is 4.74 Å². The maximum Gasteiger partial charge on any atom is 0.0637 e. The minimum Gasteiger partial charge on any atom is -0.383 e. The van der Waals surface area contributed by atoms with Crippen LogP contribution in [0, 0.1) is 0 Å². The summed E-state index contributed by atoms with van der Waals surface area (Å²) in [5, 5.41) is 0.717. The normalized spacial score (nSPS) is 10.4. The SMILES string of the molecule is COCCN(C)c1ccc(Cl)cc1CCl. The van der Waals surface area contributed by atoms with Crippen molar-refractivity contribution in [2.75, 3.05) is 32.2 Å². The fraction of sp³-hybridized carbons (Fsp3) is 0.455. The van der Waals surface area contributed by atoms with E-state index in [1.54, 1.807) is 7.11 Å². The van der Waals surface area contributed by atoms with Crippen LogP contribution in [-0.2, 0) is 10.6 Å². The largest absolute Gasteiger partial charge is 0.383 e. The van der Waals surface area contributed by atoms with Gasteiger partial charge in [-0.2, -0.15) is 0 Å².